The number of allylic oxidation sites excluding steroid dienone is 1. The monoisotopic (exact) mass is 492 g/mol. The van der Waals surface area contributed by atoms with Crippen LogP contribution < -0.4 is 0 Å². The highest BCUT2D eigenvalue weighted by molar-refractivity contribution is 6.33. The zero-order chi connectivity index (χ0) is 24.1. The molecule has 5 heteroatoms. The Labute approximate surface area is 211 Å². The van der Waals surface area contributed by atoms with E-state index in [1.165, 1.54) is 44.1 Å². The van der Waals surface area contributed by atoms with Crippen molar-refractivity contribution in [1.82, 2.24) is 0 Å². The van der Waals surface area contributed by atoms with Gasteiger partial charge in [-0.05, 0) is 81.1 Å². The topological polar surface area (TPSA) is 52.6 Å². The number of halogens is 1. The summed E-state index contributed by atoms with van der Waals surface area (Å²) in [5, 5.41) is -0.351. The molecule has 4 nitrogen and oxygen atoms in total. The number of unbranched alkanes of at least 4 members (excludes halogenated alkanes) is 7. The molecule has 4 rings (SSSR count). The summed E-state index contributed by atoms with van der Waals surface area (Å²) in [4.78, 5) is 24.6. The molecule has 0 N–H and O–H groups in total. The number of fused-ring (bicyclic) bond motifs is 5. The van der Waals surface area contributed by atoms with Gasteiger partial charge in [0, 0.05) is 5.41 Å². The second kappa shape index (κ2) is 11.8. The van der Waals surface area contributed by atoms with E-state index in [0.717, 1.165) is 57.8 Å². The lowest BCUT2D eigenvalue weighted by molar-refractivity contribution is -0.115. The molecular weight excluding hydrogens is 448 g/mol. The Balaban J connectivity index is 1.22. The van der Waals surface area contributed by atoms with Crippen LogP contribution in [0.2, 0.25) is 0 Å². The molecule has 0 radical (unpaired) electrons. The van der Waals surface area contributed by atoms with Crippen molar-refractivity contribution in [3.05, 3.63) is 11.6 Å². The van der Waals surface area contributed by atoms with Crippen molar-refractivity contribution in [2.24, 2.45) is 29.1 Å². The first-order chi connectivity index (χ1) is 16.4. The van der Waals surface area contributed by atoms with E-state index in [0.29, 0.717) is 30.3 Å². The summed E-state index contributed by atoms with van der Waals surface area (Å²) in [6, 6.07) is 0. The van der Waals surface area contributed by atoms with E-state index in [4.69, 9.17) is 21.1 Å². The molecule has 192 valence electrons. The van der Waals surface area contributed by atoms with E-state index < -0.39 is 6.16 Å². The molecule has 0 aromatic rings. The largest absolute Gasteiger partial charge is 0.508 e. The maximum absolute atomic E-state index is 12.5. The van der Waals surface area contributed by atoms with Gasteiger partial charge >= 0.3 is 6.16 Å². The Morgan fingerprint density at radius 2 is 1.76 bits per heavy atom. The van der Waals surface area contributed by atoms with Crippen molar-refractivity contribution in [1.29, 1.82) is 0 Å². The van der Waals surface area contributed by atoms with Gasteiger partial charge in [0.05, 0.1) is 12.0 Å². The van der Waals surface area contributed by atoms with Crippen LogP contribution in [0.25, 0.3) is 0 Å². The highest BCUT2D eigenvalue weighted by Crippen LogP contribution is 2.62. The molecule has 1 unspecified atom stereocenters. The SMILES string of the molecule is CCCCCCCCCCOC(=O)O[C@H]1CC[C@H]2[C@@H]3CCC4=CC(=O)C(Cl)C[C@@H]4[C@H]3CC[C@]12C. The van der Waals surface area contributed by atoms with Gasteiger partial charge in [0.15, 0.2) is 5.78 Å². The van der Waals surface area contributed by atoms with Crippen molar-refractivity contribution in [2.75, 3.05) is 6.61 Å². The summed E-state index contributed by atoms with van der Waals surface area (Å²) < 4.78 is 11.4. The molecule has 0 amide bonds. The number of carbonyl (C=O) groups excluding carboxylic acids is 2. The zero-order valence-corrected chi connectivity index (χ0v) is 22.1. The van der Waals surface area contributed by atoms with E-state index in [2.05, 4.69) is 13.8 Å². The van der Waals surface area contributed by atoms with Gasteiger partial charge in [-0.1, -0.05) is 64.4 Å². The van der Waals surface area contributed by atoms with E-state index in [1.54, 1.807) is 0 Å². The fraction of sp³-hybridized carbons (Fsp3) is 0.862. The molecule has 0 saturated heterocycles. The minimum absolute atomic E-state index is 0.0323. The molecule has 7 atom stereocenters. The highest BCUT2D eigenvalue weighted by Gasteiger charge is 2.58. The van der Waals surface area contributed by atoms with E-state index in [9.17, 15) is 9.59 Å². The number of hydrogen-bond acceptors (Lipinski definition) is 4. The second-order valence-electron chi connectivity index (χ2n) is 11.7. The van der Waals surface area contributed by atoms with Gasteiger partial charge in [0.1, 0.15) is 6.10 Å². The average Bonchev–Trinajstić information content (AvgIpc) is 3.14. The van der Waals surface area contributed by atoms with Crippen LogP contribution in [0.15, 0.2) is 11.6 Å². The van der Waals surface area contributed by atoms with Crippen LogP contribution in [0, 0.1) is 29.1 Å². The van der Waals surface area contributed by atoms with Gasteiger partial charge in [0.25, 0.3) is 0 Å². The van der Waals surface area contributed by atoms with Crippen molar-refractivity contribution >= 4 is 23.5 Å². The molecule has 3 saturated carbocycles. The maximum Gasteiger partial charge on any atom is 0.508 e. The first-order valence-electron chi connectivity index (χ1n) is 14.2. The smallest absolute Gasteiger partial charge is 0.434 e. The maximum atomic E-state index is 12.5. The number of carbonyl (C=O) groups is 2. The van der Waals surface area contributed by atoms with Crippen LogP contribution >= 0.6 is 11.6 Å². The summed E-state index contributed by atoms with van der Waals surface area (Å²) in [5.41, 5.74) is 1.40. The summed E-state index contributed by atoms with van der Waals surface area (Å²) in [6.07, 6.45) is 18.5. The number of ether oxygens (including phenoxy) is 2. The predicted octanol–water partition coefficient (Wildman–Crippen LogP) is 8.01. The number of rotatable bonds is 10. The molecule has 4 aliphatic carbocycles. The van der Waals surface area contributed by atoms with Crippen LogP contribution in [0.4, 0.5) is 4.79 Å². The van der Waals surface area contributed by atoms with E-state index >= 15 is 0 Å². The van der Waals surface area contributed by atoms with Crippen LogP contribution in [0.1, 0.15) is 110 Å². The van der Waals surface area contributed by atoms with E-state index in [-0.39, 0.29) is 22.7 Å². The van der Waals surface area contributed by atoms with Crippen molar-refractivity contribution < 1.29 is 19.1 Å². The highest BCUT2D eigenvalue weighted by atomic mass is 35.5. The third kappa shape index (κ3) is 5.68. The molecule has 3 fully saturated rings. The number of alkyl halides is 1. The molecule has 0 bridgehead atoms. The summed E-state index contributed by atoms with van der Waals surface area (Å²) in [7, 11) is 0. The number of hydrogen-bond donors (Lipinski definition) is 0. The van der Waals surface area contributed by atoms with Gasteiger partial charge in [0.2, 0.25) is 0 Å². The molecular formula is C29H45ClO4. The molecule has 0 aromatic heterocycles. The Bertz CT molecular complexity index is 748. The Morgan fingerprint density at radius 1 is 1.03 bits per heavy atom. The summed E-state index contributed by atoms with van der Waals surface area (Å²) in [5.74, 6) is 2.44. The fourth-order valence-electron chi connectivity index (χ4n) is 7.83. The van der Waals surface area contributed by atoms with Crippen molar-refractivity contribution in [2.45, 2.75) is 122 Å². The van der Waals surface area contributed by atoms with Crippen LogP contribution in [-0.2, 0) is 14.3 Å². The molecule has 34 heavy (non-hydrogen) atoms. The summed E-state index contributed by atoms with van der Waals surface area (Å²) >= 11 is 6.37. The van der Waals surface area contributed by atoms with E-state index in [1.807, 2.05) is 6.08 Å². The lowest BCUT2D eigenvalue weighted by Crippen LogP contribution is -2.49. The van der Waals surface area contributed by atoms with Crippen molar-refractivity contribution in [3.8, 4) is 0 Å². The molecule has 4 aliphatic rings. The number of ketones is 1. The minimum Gasteiger partial charge on any atom is -0.434 e. The zero-order valence-electron chi connectivity index (χ0n) is 21.4. The lowest BCUT2D eigenvalue weighted by Gasteiger charge is -2.53. The van der Waals surface area contributed by atoms with Crippen molar-refractivity contribution in [3.63, 3.8) is 0 Å². The van der Waals surface area contributed by atoms with Gasteiger partial charge in [-0.3, -0.25) is 4.79 Å². The average molecular weight is 493 g/mol. The first-order valence-corrected chi connectivity index (χ1v) is 14.6. The van der Waals surface area contributed by atoms with Gasteiger partial charge in [-0.2, -0.15) is 0 Å². The molecule has 0 aromatic carbocycles. The second-order valence-corrected chi connectivity index (χ2v) is 12.2. The Hall–Kier alpha value is -1.03. The first kappa shape index (κ1) is 26.0. The van der Waals surface area contributed by atoms with Gasteiger partial charge in [-0.25, -0.2) is 4.79 Å². The third-order valence-electron chi connectivity index (χ3n) is 9.72. The Morgan fingerprint density at radius 3 is 2.53 bits per heavy atom. The predicted molar refractivity (Wildman–Crippen MR) is 136 cm³/mol. The summed E-state index contributed by atoms with van der Waals surface area (Å²) in [6.45, 7) is 5.06. The molecule has 0 spiro atoms. The molecule has 0 aliphatic heterocycles. The molecule has 0 heterocycles. The standard InChI is InChI=1S/C29H45ClO4/c1-3-4-5-6-7-8-9-10-17-33-28(32)34-27-14-13-24-22-12-11-20-18-26(31)25(30)19-23(20)21(22)15-16-29(24,27)2/h18,21-25,27H,3-17,19H2,1-2H3/t21-,22+,23-,24-,25?,27-,29-/m0/s1. The van der Waals surface area contributed by atoms with Crippen LogP contribution in [0.3, 0.4) is 0 Å². The normalized spacial score (nSPS) is 36.8. The fourth-order valence-corrected chi connectivity index (χ4v) is 8.09. The lowest BCUT2D eigenvalue weighted by atomic mass is 9.52. The van der Waals surface area contributed by atoms with Gasteiger partial charge in [-0.15, -0.1) is 11.6 Å². The minimum atomic E-state index is -0.471. The quantitative estimate of drug-likeness (QED) is 0.176. The van der Waals surface area contributed by atoms with Gasteiger partial charge < -0.3 is 9.47 Å². The Kier molecular flexibility index (Phi) is 9.04. The van der Waals surface area contributed by atoms with Crippen LogP contribution in [0.5, 0.6) is 0 Å². The third-order valence-corrected chi connectivity index (χ3v) is 10.1. The van der Waals surface area contributed by atoms with Crippen LogP contribution in [-0.4, -0.2) is 30.0 Å².